The van der Waals surface area contributed by atoms with E-state index in [4.69, 9.17) is 14.2 Å². The summed E-state index contributed by atoms with van der Waals surface area (Å²) >= 11 is 0. The zero-order valence-corrected chi connectivity index (χ0v) is 20.2. The van der Waals surface area contributed by atoms with Crippen LogP contribution in [0.25, 0.3) is 10.9 Å². The summed E-state index contributed by atoms with van der Waals surface area (Å²) in [5.74, 6) is -0.845. The van der Waals surface area contributed by atoms with Crippen LogP contribution in [-0.2, 0) is 25.7 Å². The van der Waals surface area contributed by atoms with Crippen LogP contribution in [0.15, 0.2) is 48.5 Å². The van der Waals surface area contributed by atoms with Gasteiger partial charge in [0, 0.05) is 30.5 Å². The summed E-state index contributed by atoms with van der Waals surface area (Å²) in [6, 6.07) is 13.2. The van der Waals surface area contributed by atoms with Crippen molar-refractivity contribution in [2.24, 2.45) is 0 Å². The molecule has 1 N–H and O–H groups in total. The number of aromatic nitrogens is 1. The number of methoxy groups -OCH3 is 2. The Balaban J connectivity index is 1.53. The lowest BCUT2D eigenvalue weighted by Crippen LogP contribution is -2.40. The summed E-state index contributed by atoms with van der Waals surface area (Å²) in [6.07, 6.45) is -0.474. The summed E-state index contributed by atoms with van der Waals surface area (Å²) in [5, 5.41) is 0.560. The van der Waals surface area contributed by atoms with Crippen LogP contribution in [0.4, 0.5) is 4.39 Å². The van der Waals surface area contributed by atoms with E-state index >= 15 is 0 Å². The van der Waals surface area contributed by atoms with Crippen molar-refractivity contribution in [1.29, 1.82) is 0 Å². The maximum absolute atomic E-state index is 13.6. The number of hydrogen-bond donors (Lipinski definition) is 1. The zero-order chi connectivity index (χ0) is 25.7. The van der Waals surface area contributed by atoms with Gasteiger partial charge in [-0.1, -0.05) is 12.1 Å². The SMILES string of the molecule is COC(=O)CCN1C[C@H](OCc2cccc(OC)c2)CN(C(=O)c2cc3cc(F)ccc3[nH]2)CC1=O. The average Bonchev–Trinajstić information content (AvgIpc) is 3.23. The molecule has 0 radical (unpaired) electrons. The summed E-state index contributed by atoms with van der Waals surface area (Å²) in [4.78, 5) is 44.0. The van der Waals surface area contributed by atoms with Gasteiger partial charge in [0.2, 0.25) is 5.91 Å². The molecule has 0 aliphatic carbocycles. The molecule has 36 heavy (non-hydrogen) atoms. The number of H-pyrrole nitrogens is 1. The van der Waals surface area contributed by atoms with Crippen LogP contribution < -0.4 is 4.74 Å². The van der Waals surface area contributed by atoms with E-state index in [1.807, 2.05) is 24.3 Å². The summed E-state index contributed by atoms with van der Waals surface area (Å²) < 4.78 is 29.7. The molecule has 1 saturated heterocycles. The zero-order valence-electron chi connectivity index (χ0n) is 20.2. The minimum atomic E-state index is -0.508. The van der Waals surface area contributed by atoms with E-state index in [9.17, 15) is 18.8 Å². The van der Waals surface area contributed by atoms with Crippen LogP contribution in [0, 0.1) is 5.82 Å². The molecular formula is C26H28FN3O6. The molecule has 2 amide bonds. The Morgan fingerprint density at radius 1 is 1.11 bits per heavy atom. The Morgan fingerprint density at radius 3 is 2.72 bits per heavy atom. The van der Waals surface area contributed by atoms with E-state index in [0.29, 0.717) is 16.7 Å². The van der Waals surface area contributed by atoms with Crippen molar-refractivity contribution in [2.75, 3.05) is 40.4 Å². The predicted octanol–water partition coefficient (Wildman–Crippen LogP) is 2.75. The molecule has 1 aromatic heterocycles. The van der Waals surface area contributed by atoms with E-state index in [2.05, 4.69) is 4.98 Å². The van der Waals surface area contributed by atoms with Crippen molar-refractivity contribution in [3.05, 3.63) is 65.6 Å². The second kappa shape index (κ2) is 11.2. The van der Waals surface area contributed by atoms with Gasteiger partial charge in [0.1, 0.15) is 23.8 Å². The molecule has 1 fully saturated rings. The molecule has 2 aromatic carbocycles. The van der Waals surface area contributed by atoms with Gasteiger partial charge in [-0.2, -0.15) is 0 Å². The van der Waals surface area contributed by atoms with Crippen LogP contribution in [0.1, 0.15) is 22.5 Å². The molecule has 10 heteroatoms. The molecule has 4 rings (SSSR count). The van der Waals surface area contributed by atoms with Crippen molar-refractivity contribution in [3.8, 4) is 5.75 Å². The topological polar surface area (TPSA) is 101 Å². The largest absolute Gasteiger partial charge is 0.497 e. The molecule has 1 aliphatic heterocycles. The fourth-order valence-corrected chi connectivity index (χ4v) is 4.15. The standard InChI is InChI=1S/C26H28FN3O6/c1-34-20-5-3-4-17(10-20)16-36-21-13-29(9-8-25(32)35-2)24(31)15-30(14-21)26(33)23-12-18-11-19(27)6-7-22(18)28-23/h3-7,10-12,21,28H,8-9,13-16H2,1-2H3/t21-/m0/s1. The lowest BCUT2D eigenvalue weighted by molar-refractivity contribution is -0.142. The van der Waals surface area contributed by atoms with Crippen molar-refractivity contribution >= 4 is 28.7 Å². The molecule has 0 spiro atoms. The molecule has 0 unspecified atom stereocenters. The quantitative estimate of drug-likeness (QED) is 0.481. The molecular weight excluding hydrogens is 469 g/mol. The van der Waals surface area contributed by atoms with E-state index in [1.165, 1.54) is 29.0 Å². The van der Waals surface area contributed by atoms with Crippen LogP contribution in [0.3, 0.4) is 0 Å². The Labute approximate surface area is 207 Å². The fourth-order valence-electron chi connectivity index (χ4n) is 4.15. The highest BCUT2D eigenvalue weighted by Crippen LogP contribution is 2.20. The first-order chi connectivity index (χ1) is 17.4. The summed E-state index contributed by atoms with van der Waals surface area (Å²) in [7, 11) is 2.87. The first-order valence-electron chi connectivity index (χ1n) is 11.5. The Bertz CT molecular complexity index is 1260. The number of fused-ring (bicyclic) bond motifs is 1. The monoisotopic (exact) mass is 497 g/mol. The maximum atomic E-state index is 13.6. The molecule has 0 bridgehead atoms. The highest BCUT2D eigenvalue weighted by Gasteiger charge is 2.32. The number of aromatic amines is 1. The number of ether oxygens (including phenoxy) is 3. The van der Waals surface area contributed by atoms with Crippen molar-refractivity contribution < 1.29 is 33.0 Å². The van der Waals surface area contributed by atoms with Crippen molar-refractivity contribution in [2.45, 2.75) is 19.1 Å². The number of amides is 2. The highest BCUT2D eigenvalue weighted by atomic mass is 19.1. The van der Waals surface area contributed by atoms with E-state index in [0.717, 1.165) is 5.56 Å². The molecule has 1 atom stereocenters. The molecule has 0 saturated carbocycles. The second-order valence-corrected chi connectivity index (χ2v) is 8.55. The summed E-state index contributed by atoms with van der Waals surface area (Å²) in [6.45, 7) is 0.587. The lowest BCUT2D eigenvalue weighted by atomic mass is 10.2. The number of esters is 1. The molecule has 1 aliphatic rings. The highest BCUT2D eigenvalue weighted by molar-refractivity contribution is 5.99. The number of carbonyl (C=O) groups is 3. The number of benzene rings is 2. The average molecular weight is 498 g/mol. The third kappa shape index (κ3) is 6.01. The third-order valence-corrected chi connectivity index (χ3v) is 6.06. The number of nitrogens with zero attached hydrogens (tertiary/aromatic N) is 2. The van der Waals surface area contributed by atoms with Crippen LogP contribution in [-0.4, -0.2) is 79.1 Å². The fraction of sp³-hybridized carbons (Fsp3) is 0.346. The van der Waals surface area contributed by atoms with Gasteiger partial charge in [-0.05, 0) is 42.0 Å². The minimum absolute atomic E-state index is 0.0341. The number of rotatable bonds is 8. The molecule has 3 aromatic rings. The number of carbonyl (C=O) groups excluding carboxylic acids is 3. The van der Waals surface area contributed by atoms with Gasteiger partial charge < -0.3 is 29.0 Å². The number of halogens is 1. The van der Waals surface area contributed by atoms with Gasteiger partial charge >= 0.3 is 5.97 Å². The van der Waals surface area contributed by atoms with Crippen LogP contribution in [0.2, 0.25) is 0 Å². The van der Waals surface area contributed by atoms with Crippen LogP contribution in [0.5, 0.6) is 5.75 Å². The first kappa shape index (κ1) is 25.2. The smallest absolute Gasteiger partial charge is 0.307 e. The molecule has 2 heterocycles. The van der Waals surface area contributed by atoms with Crippen LogP contribution >= 0.6 is 0 Å². The number of hydrogen-bond acceptors (Lipinski definition) is 6. The summed E-state index contributed by atoms with van der Waals surface area (Å²) in [5.41, 5.74) is 1.74. The van der Waals surface area contributed by atoms with Gasteiger partial charge in [-0.3, -0.25) is 14.4 Å². The minimum Gasteiger partial charge on any atom is -0.497 e. The Morgan fingerprint density at radius 2 is 1.94 bits per heavy atom. The molecule has 9 nitrogen and oxygen atoms in total. The lowest BCUT2D eigenvalue weighted by Gasteiger charge is -2.24. The second-order valence-electron chi connectivity index (χ2n) is 8.55. The third-order valence-electron chi connectivity index (χ3n) is 6.06. The maximum Gasteiger partial charge on any atom is 0.307 e. The van der Waals surface area contributed by atoms with Gasteiger partial charge in [0.05, 0.1) is 33.4 Å². The van der Waals surface area contributed by atoms with Gasteiger partial charge in [0.25, 0.3) is 5.91 Å². The van der Waals surface area contributed by atoms with Crippen molar-refractivity contribution in [3.63, 3.8) is 0 Å². The van der Waals surface area contributed by atoms with Gasteiger partial charge in [0.15, 0.2) is 0 Å². The van der Waals surface area contributed by atoms with E-state index in [-0.39, 0.29) is 50.8 Å². The van der Waals surface area contributed by atoms with Gasteiger partial charge in [-0.25, -0.2) is 4.39 Å². The van der Waals surface area contributed by atoms with Crippen molar-refractivity contribution in [1.82, 2.24) is 14.8 Å². The van der Waals surface area contributed by atoms with E-state index < -0.39 is 23.8 Å². The number of nitrogens with one attached hydrogen (secondary N) is 1. The Hall–Kier alpha value is -3.92. The molecule has 190 valence electrons. The first-order valence-corrected chi connectivity index (χ1v) is 11.5. The Kier molecular flexibility index (Phi) is 7.84. The van der Waals surface area contributed by atoms with E-state index in [1.54, 1.807) is 19.2 Å². The normalized spacial score (nSPS) is 16.2. The predicted molar refractivity (Wildman–Crippen MR) is 129 cm³/mol. The van der Waals surface area contributed by atoms with Gasteiger partial charge in [-0.15, -0.1) is 0 Å².